The summed E-state index contributed by atoms with van der Waals surface area (Å²) in [5.41, 5.74) is 7.76. The lowest BCUT2D eigenvalue weighted by molar-refractivity contribution is 0.246. The highest BCUT2D eigenvalue weighted by Crippen LogP contribution is 2.39. The molecule has 3 aromatic rings. The molecule has 9 nitrogen and oxygen atoms in total. The topological polar surface area (TPSA) is 131 Å². The molecule has 0 aliphatic carbocycles. The Balaban J connectivity index is 2.03. The Morgan fingerprint density at radius 3 is 2.53 bits per heavy atom. The smallest absolute Gasteiger partial charge is 0.328 e. The fourth-order valence-corrected chi connectivity index (χ4v) is 4.31. The quantitative estimate of drug-likeness (QED) is 0.294. The van der Waals surface area contributed by atoms with Crippen LogP contribution in [0.2, 0.25) is 0 Å². The van der Waals surface area contributed by atoms with E-state index in [1.165, 1.54) is 0 Å². The Kier molecular flexibility index (Phi) is 6.72. The van der Waals surface area contributed by atoms with E-state index in [-0.39, 0.29) is 23.6 Å². The third kappa shape index (κ3) is 4.63. The molecule has 2 amide bonds. The lowest BCUT2D eigenvalue weighted by atomic mass is 9.97. The van der Waals surface area contributed by atoms with Gasteiger partial charge in [0.1, 0.15) is 23.2 Å². The third-order valence-electron chi connectivity index (χ3n) is 5.58. The van der Waals surface area contributed by atoms with Gasteiger partial charge in [0.15, 0.2) is 5.82 Å². The number of sulfone groups is 1. The second-order valence-electron chi connectivity index (χ2n) is 8.29. The number of carbonyl (C=O) groups excluding carboxylic acids is 1. The molecular formula is C24H24F2N6O3S. The third-order valence-corrected chi connectivity index (χ3v) is 6.43. The Morgan fingerprint density at radius 1 is 1.19 bits per heavy atom. The number of fused-ring (bicyclic) bond motifs is 1. The number of urea groups is 1. The van der Waals surface area contributed by atoms with E-state index in [2.05, 4.69) is 20.3 Å². The highest BCUT2D eigenvalue weighted by molar-refractivity contribution is 7.90. The molecule has 0 radical (unpaired) electrons. The first-order chi connectivity index (χ1) is 17.0. The predicted molar refractivity (Wildman–Crippen MR) is 132 cm³/mol. The lowest BCUT2D eigenvalue weighted by Gasteiger charge is -2.30. The number of hydrogen-bond acceptors (Lipinski definition) is 6. The SMILES string of the molecule is CCCN=C(N)c1ccc(C)c(-c2nc(S(C)(=O)=O)nc3c2CNC(=O)N3c2c(F)cccc2F)c1. The molecule has 1 aromatic heterocycles. The number of aryl methyl sites for hydroxylation is 1. The van der Waals surface area contributed by atoms with Crippen molar-refractivity contribution in [2.24, 2.45) is 10.7 Å². The number of hydrogen-bond donors (Lipinski definition) is 2. The minimum Gasteiger partial charge on any atom is -0.384 e. The average molecular weight is 515 g/mol. The van der Waals surface area contributed by atoms with Gasteiger partial charge in [0.05, 0.1) is 12.2 Å². The van der Waals surface area contributed by atoms with Crippen molar-refractivity contribution in [3.05, 3.63) is 64.7 Å². The van der Waals surface area contributed by atoms with E-state index in [9.17, 15) is 22.0 Å². The zero-order chi connectivity index (χ0) is 26.2. The fourth-order valence-electron chi connectivity index (χ4n) is 3.80. The van der Waals surface area contributed by atoms with Crippen LogP contribution in [0.5, 0.6) is 0 Å². The van der Waals surface area contributed by atoms with Crippen molar-refractivity contribution in [2.75, 3.05) is 17.7 Å². The number of nitrogens with zero attached hydrogens (tertiary/aromatic N) is 4. The monoisotopic (exact) mass is 514 g/mol. The molecule has 2 aromatic carbocycles. The van der Waals surface area contributed by atoms with Crippen molar-refractivity contribution < 1.29 is 22.0 Å². The number of aromatic nitrogens is 2. The van der Waals surface area contributed by atoms with Crippen molar-refractivity contribution in [3.8, 4) is 11.3 Å². The first-order valence-electron chi connectivity index (χ1n) is 11.1. The minimum absolute atomic E-state index is 0.0941. The van der Waals surface area contributed by atoms with Crippen molar-refractivity contribution in [3.63, 3.8) is 0 Å². The van der Waals surface area contributed by atoms with Crippen LogP contribution in [0, 0.1) is 18.6 Å². The van der Waals surface area contributed by atoms with Gasteiger partial charge in [0, 0.05) is 29.5 Å². The molecule has 12 heteroatoms. The Bertz CT molecular complexity index is 1490. The summed E-state index contributed by atoms with van der Waals surface area (Å²) in [6.45, 7) is 4.20. The zero-order valence-corrected chi connectivity index (χ0v) is 20.7. The van der Waals surface area contributed by atoms with Crippen LogP contribution in [-0.4, -0.2) is 43.1 Å². The molecule has 36 heavy (non-hydrogen) atoms. The second kappa shape index (κ2) is 9.61. The lowest BCUT2D eigenvalue weighted by Crippen LogP contribution is -2.43. The van der Waals surface area contributed by atoms with Crippen LogP contribution < -0.4 is 16.0 Å². The van der Waals surface area contributed by atoms with Gasteiger partial charge in [0.25, 0.3) is 0 Å². The van der Waals surface area contributed by atoms with Crippen LogP contribution >= 0.6 is 0 Å². The number of carbonyl (C=O) groups is 1. The maximum absolute atomic E-state index is 14.7. The summed E-state index contributed by atoms with van der Waals surface area (Å²) in [7, 11) is -3.98. The summed E-state index contributed by atoms with van der Waals surface area (Å²) in [6.07, 6.45) is 1.72. The maximum Gasteiger partial charge on any atom is 0.328 e. The molecule has 0 saturated heterocycles. The van der Waals surface area contributed by atoms with Gasteiger partial charge in [0.2, 0.25) is 15.0 Å². The summed E-state index contributed by atoms with van der Waals surface area (Å²) in [4.78, 5) is 26.2. The Labute approximate surface area is 207 Å². The molecule has 4 rings (SSSR count). The van der Waals surface area contributed by atoms with E-state index in [1.807, 2.05) is 6.92 Å². The van der Waals surface area contributed by atoms with E-state index in [0.717, 1.165) is 36.4 Å². The highest BCUT2D eigenvalue weighted by Gasteiger charge is 2.35. The van der Waals surface area contributed by atoms with E-state index < -0.39 is 38.3 Å². The minimum atomic E-state index is -3.98. The maximum atomic E-state index is 14.7. The van der Waals surface area contributed by atoms with Crippen LogP contribution in [0.25, 0.3) is 11.3 Å². The van der Waals surface area contributed by atoms with Crippen molar-refractivity contribution >= 4 is 33.2 Å². The molecule has 188 valence electrons. The summed E-state index contributed by atoms with van der Waals surface area (Å²) >= 11 is 0. The van der Waals surface area contributed by atoms with Gasteiger partial charge in [-0.1, -0.05) is 25.1 Å². The number of nitrogens with one attached hydrogen (secondary N) is 1. The number of nitrogens with two attached hydrogens (primary N) is 1. The largest absolute Gasteiger partial charge is 0.384 e. The van der Waals surface area contributed by atoms with Crippen LogP contribution in [0.15, 0.2) is 46.5 Å². The number of anilines is 2. The van der Waals surface area contributed by atoms with Gasteiger partial charge in [-0.05, 0) is 37.1 Å². The fraction of sp³-hybridized carbons (Fsp3) is 0.250. The summed E-state index contributed by atoms with van der Waals surface area (Å²) in [6, 6.07) is 7.55. The summed E-state index contributed by atoms with van der Waals surface area (Å²) in [5.74, 6) is -1.97. The van der Waals surface area contributed by atoms with E-state index in [4.69, 9.17) is 5.73 Å². The first kappa shape index (κ1) is 25.2. The molecule has 0 unspecified atom stereocenters. The molecule has 1 aliphatic heterocycles. The molecule has 0 saturated carbocycles. The van der Waals surface area contributed by atoms with Gasteiger partial charge in [-0.2, -0.15) is 4.98 Å². The van der Waals surface area contributed by atoms with E-state index in [0.29, 0.717) is 28.4 Å². The van der Waals surface area contributed by atoms with Crippen LogP contribution in [-0.2, 0) is 16.4 Å². The number of amidine groups is 1. The summed E-state index contributed by atoms with van der Waals surface area (Å²) in [5, 5.41) is 1.98. The summed E-state index contributed by atoms with van der Waals surface area (Å²) < 4.78 is 54.5. The van der Waals surface area contributed by atoms with Crippen molar-refractivity contribution in [1.29, 1.82) is 0 Å². The molecule has 0 atom stereocenters. The van der Waals surface area contributed by atoms with Crippen molar-refractivity contribution in [1.82, 2.24) is 15.3 Å². The van der Waals surface area contributed by atoms with Crippen molar-refractivity contribution in [2.45, 2.75) is 32.0 Å². The van der Waals surface area contributed by atoms with Crippen LogP contribution in [0.3, 0.4) is 0 Å². The first-order valence-corrected chi connectivity index (χ1v) is 13.0. The van der Waals surface area contributed by atoms with Crippen LogP contribution in [0.1, 0.15) is 30.0 Å². The normalized spacial score (nSPS) is 14.0. The molecule has 0 fully saturated rings. The number of para-hydroxylation sites is 1. The zero-order valence-electron chi connectivity index (χ0n) is 19.8. The molecule has 1 aliphatic rings. The number of rotatable bonds is 6. The van der Waals surface area contributed by atoms with Gasteiger partial charge < -0.3 is 11.1 Å². The number of halogens is 2. The van der Waals surface area contributed by atoms with Crippen LogP contribution in [0.4, 0.5) is 25.1 Å². The second-order valence-corrected chi connectivity index (χ2v) is 10.2. The van der Waals surface area contributed by atoms with Gasteiger partial charge >= 0.3 is 6.03 Å². The standard InChI is InChI=1S/C24H24F2N6O3S/c1-4-10-28-21(27)14-9-8-13(2)15(11-14)19-16-12-29-24(33)32(20-17(25)6-5-7-18(20)26)22(16)31-23(30-19)36(3,34)35/h5-9,11H,4,10,12H2,1-3H3,(H2,27,28)(H,29,33). The van der Waals surface area contributed by atoms with E-state index >= 15 is 0 Å². The number of aliphatic imine (C=N–C) groups is 1. The molecule has 0 spiro atoms. The Hall–Kier alpha value is -3.93. The Morgan fingerprint density at radius 2 is 1.89 bits per heavy atom. The molecular weight excluding hydrogens is 490 g/mol. The van der Waals surface area contributed by atoms with Gasteiger partial charge in [-0.3, -0.25) is 4.99 Å². The number of benzene rings is 2. The number of amides is 2. The van der Waals surface area contributed by atoms with E-state index in [1.54, 1.807) is 25.1 Å². The molecule has 0 bridgehead atoms. The van der Waals surface area contributed by atoms with Gasteiger partial charge in [-0.25, -0.2) is 31.9 Å². The molecule has 2 heterocycles. The average Bonchev–Trinajstić information content (AvgIpc) is 2.82. The highest BCUT2D eigenvalue weighted by atomic mass is 32.2. The molecule has 3 N–H and O–H groups in total. The predicted octanol–water partition coefficient (Wildman–Crippen LogP) is 3.61. The van der Waals surface area contributed by atoms with Gasteiger partial charge in [-0.15, -0.1) is 0 Å².